The Labute approximate surface area is 76.1 Å². The molecule has 0 heterocycles. The molecule has 76 valence electrons. The Kier molecular flexibility index (Phi) is 5.22. The van der Waals surface area contributed by atoms with Crippen molar-refractivity contribution >= 4 is 11.7 Å². The zero-order valence-corrected chi connectivity index (χ0v) is 7.71. The Hall–Kier alpha value is -0.970. The quantitative estimate of drug-likeness (QED) is 0.632. The minimum absolute atomic E-state index is 0.381. The van der Waals surface area contributed by atoms with E-state index < -0.39 is 30.5 Å². The first-order valence-electron chi connectivity index (χ1n) is 4.06. The first kappa shape index (κ1) is 12.0. The average molecular weight is 191 g/mol. The van der Waals surface area contributed by atoms with Crippen molar-refractivity contribution in [3.8, 4) is 0 Å². The number of amides is 1. The van der Waals surface area contributed by atoms with Gasteiger partial charge in [-0.3, -0.25) is 9.59 Å². The number of carbonyl (C=O) groups is 2. The molecule has 0 aliphatic rings. The van der Waals surface area contributed by atoms with E-state index in [4.69, 9.17) is 0 Å². The van der Waals surface area contributed by atoms with Gasteiger partial charge in [0.25, 0.3) is 5.91 Å². The van der Waals surface area contributed by atoms with Crippen LogP contribution in [0.15, 0.2) is 0 Å². The van der Waals surface area contributed by atoms with Gasteiger partial charge in [-0.05, 0) is 13.3 Å². The number of hydrogen-bond acceptors (Lipinski definition) is 3. The van der Waals surface area contributed by atoms with Gasteiger partial charge in [0.2, 0.25) is 0 Å². The second kappa shape index (κ2) is 5.64. The van der Waals surface area contributed by atoms with Crippen LogP contribution < -0.4 is 5.32 Å². The SMILES string of the molecule is CCC(NC(=O)CF)C(O)C(C)=O. The van der Waals surface area contributed by atoms with Gasteiger partial charge in [-0.2, -0.15) is 0 Å². The Morgan fingerprint density at radius 1 is 1.54 bits per heavy atom. The zero-order chi connectivity index (χ0) is 10.4. The number of hydrogen-bond donors (Lipinski definition) is 2. The Bertz CT molecular complexity index is 196. The van der Waals surface area contributed by atoms with Gasteiger partial charge < -0.3 is 10.4 Å². The average Bonchev–Trinajstić information content (AvgIpc) is 2.12. The first-order valence-corrected chi connectivity index (χ1v) is 4.06. The van der Waals surface area contributed by atoms with Crippen LogP contribution in [-0.2, 0) is 9.59 Å². The van der Waals surface area contributed by atoms with Crippen molar-refractivity contribution in [2.75, 3.05) is 6.67 Å². The van der Waals surface area contributed by atoms with E-state index in [1.165, 1.54) is 6.92 Å². The first-order chi connectivity index (χ1) is 6.02. The number of ketones is 1. The summed E-state index contributed by atoms with van der Waals surface area (Å²) in [7, 11) is 0. The highest BCUT2D eigenvalue weighted by Gasteiger charge is 2.22. The number of aliphatic hydroxyl groups is 1. The summed E-state index contributed by atoms with van der Waals surface area (Å²) >= 11 is 0. The van der Waals surface area contributed by atoms with Gasteiger partial charge in [-0.1, -0.05) is 6.92 Å². The maximum atomic E-state index is 11.8. The standard InChI is InChI=1S/C8H14FNO3/c1-3-6(8(13)5(2)11)10-7(12)4-9/h6,8,13H,3-4H2,1-2H3,(H,10,12). The Morgan fingerprint density at radius 2 is 2.08 bits per heavy atom. The van der Waals surface area contributed by atoms with E-state index in [0.29, 0.717) is 6.42 Å². The lowest BCUT2D eigenvalue weighted by Crippen LogP contribution is -2.46. The topological polar surface area (TPSA) is 66.4 Å². The van der Waals surface area contributed by atoms with E-state index in [9.17, 15) is 19.1 Å². The van der Waals surface area contributed by atoms with Crippen LogP contribution in [0.4, 0.5) is 4.39 Å². The molecule has 0 radical (unpaired) electrons. The Balaban J connectivity index is 4.17. The van der Waals surface area contributed by atoms with Crippen LogP contribution in [0.1, 0.15) is 20.3 Å². The summed E-state index contributed by atoms with van der Waals surface area (Å²) in [5.41, 5.74) is 0. The van der Waals surface area contributed by atoms with Crippen LogP contribution in [0, 0.1) is 0 Å². The summed E-state index contributed by atoms with van der Waals surface area (Å²) in [4.78, 5) is 21.3. The highest BCUT2D eigenvalue weighted by molar-refractivity contribution is 5.83. The van der Waals surface area contributed by atoms with Crippen LogP contribution in [0.25, 0.3) is 0 Å². The van der Waals surface area contributed by atoms with Gasteiger partial charge in [-0.15, -0.1) is 0 Å². The van der Waals surface area contributed by atoms with E-state index in [0.717, 1.165) is 0 Å². The molecule has 0 saturated carbocycles. The van der Waals surface area contributed by atoms with Crippen molar-refractivity contribution in [1.29, 1.82) is 0 Å². The summed E-state index contributed by atoms with van der Waals surface area (Å²) in [6.07, 6.45) is -0.868. The number of carbonyl (C=O) groups excluding carboxylic acids is 2. The van der Waals surface area contributed by atoms with Gasteiger partial charge in [0, 0.05) is 0 Å². The minimum Gasteiger partial charge on any atom is -0.383 e. The molecule has 0 rings (SSSR count). The maximum absolute atomic E-state index is 11.8. The second-order valence-electron chi connectivity index (χ2n) is 2.77. The number of alkyl halides is 1. The van der Waals surface area contributed by atoms with E-state index in [-0.39, 0.29) is 0 Å². The van der Waals surface area contributed by atoms with Crippen LogP contribution in [0.3, 0.4) is 0 Å². The number of halogens is 1. The van der Waals surface area contributed by atoms with E-state index in [1.54, 1.807) is 6.92 Å². The van der Waals surface area contributed by atoms with Crippen molar-refractivity contribution in [3.05, 3.63) is 0 Å². The number of rotatable bonds is 5. The molecule has 0 aliphatic carbocycles. The van der Waals surface area contributed by atoms with Crippen molar-refractivity contribution in [3.63, 3.8) is 0 Å². The Morgan fingerprint density at radius 3 is 2.38 bits per heavy atom. The molecule has 0 aliphatic heterocycles. The highest BCUT2D eigenvalue weighted by Crippen LogP contribution is 2.00. The third-order valence-corrected chi connectivity index (χ3v) is 1.71. The lowest BCUT2D eigenvalue weighted by molar-refractivity contribution is -0.129. The van der Waals surface area contributed by atoms with Gasteiger partial charge in [0.15, 0.2) is 12.5 Å². The predicted molar refractivity (Wildman–Crippen MR) is 44.9 cm³/mol. The molecule has 0 aromatic carbocycles. The van der Waals surface area contributed by atoms with E-state index in [2.05, 4.69) is 5.32 Å². The predicted octanol–water partition coefficient (Wildman–Crippen LogP) is -0.199. The monoisotopic (exact) mass is 191 g/mol. The largest absolute Gasteiger partial charge is 0.383 e. The third-order valence-electron chi connectivity index (χ3n) is 1.71. The second-order valence-corrected chi connectivity index (χ2v) is 2.77. The molecule has 0 saturated heterocycles. The normalized spacial score (nSPS) is 14.8. The molecule has 2 atom stereocenters. The molecule has 4 nitrogen and oxygen atoms in total. The molecule has 2 unspecified atom stereocenters. The summed E-state index contributed by atoms with van der Waals surface area (Å²) in [6, 6.07) is -0.694. The minimum atomic E-state index is -1.25. The van der Waals surface area contributed by atoms with Gasteiger partial charge >= 0.3 is 0 Å². The molecule has 0 spiro atoms. The lowest BCUT2D eigenvalue weighted by atomic mass is 10.1. The molecule has 5 heteroatoms. The van der Waals surface area contributed by atoms with Gasteiger partial charge in [-0.25, -0.2) is 4.39 Å². The summed E-state index contributed by atoms with van der Waals surface area (Å²) in [5.74, 6) is -1.25. The zero-order valence-electron chi connectivity index (χ0n) is 7.71. The highest BCUT2D eigenvalue weighted by atomic mass is 19.1. The molecule has 0 fully saturated rings. The van der Waals surface area contributed by atoms with Crippen LogP contribution >= 0.6 is 0 Å². The fourth-order valence-electron chi connectivity index (χ4n) is 0.933. The summed E-state index contributed by atoms with van der Waals surface area (Å²) in [5, 5.41) is 11.5. The molecular weight excluding hydrogens is 177 g/mol. The van der Waals surface area contributed by atoms with Crippen molar-refractivity contribution in [1.82, 2.24) is 5.32 Å². The molecule has 13 heavy (non-hydrogen) atoms. The molecule has 2 N–H and O–H groups in total. The number of Topliss-reactive ketones (excluding diaryl/α,β-unsaturated/α-hetero) is 1. The lowest BCUT2D eigenvalue weighted by Gasteiger charge is -2.19. The maximum Gasteiger partial charge on any atom is 0.251 e. The summed E-state index contributed by atoms with van der Waals surface area (Å²) in [6.45, 7) is 1.77. The molecule has 0 aromatic rings. The fourth-order valence-corrected chi connectivity index (χ4v) is 0.933. The van der Waals surface area contributed by atoms with E-state index in [1.807, 2.05) is 0 Å². The van der Waals surface area contributed by atoms with Crippen molar-refractivity contribution in [2.24, 2.45) is 0 Å². The van der Waals surface area contributed by atoms with Crippen LogP contribution in [0.5, 0.6) is 0 Å². The summed E-state index contributed by atoms with van der Waals surface area (Å²) < 4.78 is 11.8. The van der Waals surface area contributed by atoms with Crippen molar-refractivity contribution in [2.45, 2.75) is 32.4 Å². The molecule has 1 amide bonds. The molecular formula is C8H14FNO3. The fraction of sp³-hybridized carbons (Fsp3) is 0.750. The number of nitrogens with one attached hydrogen (secondary N) is 1. The van der Waals surface area contributed by atoms with Crippen LogP contribution in [-0.4, -0.2) is 35.6 Å². The molecule has 0 aromatic heterocycles. The molecule has 0 bridgehead atoms. The third kappa shape index (κ3) is 3.98. The number of aliphatic hydroxyl groups excluding tert-OH is 1. The van der Waals surface area contributed by atoms with Crippen LogP contribution in [0.2, 0.25) is 0 Å². The van der Waals surface area contributed by atoms with Gasteiger partial charge in [0.05, 0.1) is 6.04 Å². The van der Waals surface area contributed by atoms with E-state index >= 15 is 0 Å². The smallest absolute Gasteiger partial charge is 0.251 e. The van der Waals surface area contributed by atoms with Gasteiger partial charge in [0.1, 0.15) is 6.10 Å². The van der Waals surface area contributed by atoms with Crippen molar-refractivity contribution < 1.29 is 19.1 Å².